The van der Waals surface area contributed by atoms with Crippen LogP contribution in [0.15, 0.2) is 42.7 Å². The van der Waals surface area contributed by atoms with Gasteiger partial charge in [-0.1, -0.05) is 30.3 Å². The second-order valence-electron chi connectivity index (χ2n) is 5.71. The van der Waals surface area contributed by atoms with E-state index in [2.05, 4.69) is 10.3 Å². The molecule has 0 aliphatic rings. The van der Waals surface area contributed by atoms with E-state index < -0.39 is 11.4 Å². The molecule has 0 radical (unpaired) electrons. The van der Waals surface area contributed by atoms with Gasteiger partial charge in [0.1, 0.15) is 5.82 Å². The molecule has 0 saturated heterocycles. The monoisotopic (exact) mass is 287 g/mol. The van der Waals surface area contributed by atoms with Crippen LogP contribution in [0.3, 0.4) is 0 Å². The lowest BCUT2D eigenvalue weighted by molar-refractivity contribution is -0.148. The number of nitrogens with zero attached hydrogens (tertiary/aromatic N) is 2. The Labute approximate surface area is 124 Å². The first-order valence-electron chi connectivity index (χ1n) is 6.91. The number of imidazole rings is 1. The van der Waals surface area contributed by atoms with Crippen molar-refractivity contribution in [2.45, 2.75) is 26.4 Å². The number of carbonyl (C=O) groups is 1. The van der Waals surface area contributed by atoms with Crippen LogP contribution in [0.4, 0.5) is 0 Å². The maximum Gasteiger partial charge on any atom is 0.311 e. The Morgan fingerprint density at radius 1 is 1.38 bits per heavy atom. The van der Waals surface area contributed by atoms with Crippen LogP contribution in [0.2, 0.25) is 0 Å². The van der Waals surface area contributed by atoms with Crippen molar-refractivity contribution in [2.24, 2.45) is 12.5 Å². The number of benzene rings is 1. The molecule has 5 nitrogen and oxygen atoms in total. The van der Waals surface area contributed by atoms with Crippen molar-refractivity contribution in [3.05, 3.63) is 54.1 Å². The molecule has 1 aromatic carbocycles. The fourth-order valence-corrected chi connectivity index (χ4v) is 2.32. The molecule has 0 saturated carbocycles. The first-order chi connectivity index (χ1) is 9.93. The average molecular weight is 287 g/mol. The summed E-state index contributed by atoms with van der Waals surface area (Å²) in [6.45, 7) is 3.98. The number of rotatable bonds is 6. The molecule has 0 aliphatic heterocycles. The van der Waals surface area contributed by atoms with Gasteiger partial charge in [-0.3, -0.25) is 4.79 Å². The second-order valence-corrected chi connectivity index (χ2v) is 5.71. The number of aromatic nitrogens is 2. The summed E-state index contributed by atoms with van der Waals surface area (Å²) in [5.41, 5.74) is 0.0334. The predicted molar refractivity (Wildman–Crippen MR) is 80.6 cm³/mol. The van der Waals surface area contributed by atoms with Crippen LogP contribution in [-0.2, 0) is 18.4 Å². The van der Waals surface area contributed by atoms with Crippen LogP contribution in [0.1, 0.15) is 31.3 Å². The molecular formula is C16H21N3O2. The van der Waals surface area contributed by atoms with E-state index in [1.807, 2.05) is 48.1 Å². The van der Waals surface area contributed by atoms with Crippen molar-refractivity contribution >= 4 is 5.97 Å². The Kier molecular flexibility index (Phi) is 4.43. The van der Waals surface area contributed by atoms with Gasteiger partial charge < -0.3 is 15.0 Å². The lowest BCUT2D eigenvalue weighted by atomic mass is 9.80. The van der Waals surface area contributed by atoms with Crippen LogP contribution < -0.4 is 5.32 Å². The lowest BCUT2D eigenvalue weighted by Gasteiger charge is -2.31. The van der Waals surface area contributed by atoms with E-state index in [9.17, 15) is 9.90 Å². The molecule has 1 aromatic heterocycles. The van der Waals surface area contributed by atoms with Gasteiger partial charge in [0, 0.05) is 25.5 Å². The summed E-state index contributed by atoms with van der Waals surface area (Å²) in [6.07, 6.45) is 3.60. The summed E-state index contributed by atoms with van der Waals surface area (Å²) in [4.78, 5) is 15.9. The van der Waals surface area contributed by atoms with Crippen molar-refractivity contribution in [1.82, 2.24) is 14.9 Å². The predicted octanol–water partition coefficient (Wildman–Crippen LogP) is 2.36. The zero-order chi connectivity index (χ0) is 15.5. The van der Waals surface area contributed by atoms with Crippen molar-refractivity contribution in [1.29, 1.82) is 0 Å². The number of hydrogen-bond donors (Lipinski definition) is 2. The SMILES string of the molecule is Cn1ccnc1CN[C@H](c1ccccc1)C(C)(C)C(=O)O. The van der Waals surface area contributed by atoms with Crippen LogP contribution >= 0.6 is 0 Å². The third-order valence-corrected chi connectivity index (χ3v) is 3.79. The molecule has 2 rings (SSSR count). The lowest BCUT2D eigenvalue weighted by Crippen LogP contribution is -2.40. The molecular weight excluding hydrogens is 266 g/mol. The van der Waals surface area contributed by atoms with Gasteiger partial charge in [-0.05, 0) is 19.4 Å². The molecule has 0 bridgehead atoms. The Morgan fingerprint density at radius 2 is 2.05 bits per heavy atom. The van der Waals surface area contributed by atoms with E-state index in [-0.39, 0.29) is 6.04 Å². The molecule has 0 fully saturated rings. The number of hydrogen-bond acceptors (Lipinski definition) is 3. The highest BCUT2D eigenvalue weighted by atomic mass is 16.4. The van der Waals surface area contributed by atoms with Gasteiger partial charge in [-0.2, -0.15) is 0 Å². The zero-order valence-electron chi connectivity index (χ0n) is 12.6. The van der Waals surface area contributed by atoms with E-state index in [0.29, 0.717) is 6.54 Å². The highest BCUT2D eigenvalue weighted by molar-refractivity contribution is 5.75. The molecule has 0 spiro atoms. The van der Waals surface area contributed by atoms with Crippen molar-refractivity contribution in [2.75, 3.05) is 0 Å². The van der Waals surface area contributed by atoms with Gasteiger partial charge >= 0.3 is 5.97 Å². The third-order valence-electron chi connectivity index (χ3n) is 3.79. The number of aryl methyl sites for hydroxylation is 1. The van der Waals surface area contributed by atoms with E-state index in [1.165, 1.54) is 0 Å². The average Bonchev–Trinajstić information content (AvgIpc) is 2.85. The Hall–Kier alpha value is -2.14. The van der Waals surface area contributed by atoms with Crippen molar-refractivity contribution < 1.29 is 9.90 Å². The topological polar surface area (TPSA) is 67.2 Å². The molecule has 0 aliphatic carbocycles. The molecule has 2 aromatic rings. The molecule has 0 amide bonds. The Balaban J connectivity index is 2.25. The van der Waals surface area contributed by atoms with Crippen LogP contribution in [0.5, 0.6) is 0 Å². The van der Waals surface area contributed by atoms with Crippen LogP contribution in [-0.4, -0.2) is 20.6 Å². The number of nitrogens with one attached hydrogen (secondary N) is 1. The minimum Gasteiger partial charge on any atom is -0.481 e. The Morgan fingerprint density at radius 3 is 2.57 bits per heavy atom. The molecule has 5 heteroatoms. The maximum atomic E-state index is 11.6. The van der Waals surface area contributed by atoms with Gasteiger partial charge in [0.15, 0.2) is 0 Å². The summed E-state index contributed by atoms with van der Waals surface area (Å²) in [6, 6.07) is 9.35. The van der Waals surface area contributed by atoms with Gasteiger partial charge in [0.25, 0.3) is 0 Å². The van der Waals surface area contributed by atoms with E-state index in [0.717, 1.165) is 11.4 Å². The summed E-state index contributed by atoms with van der Waals surface area (Å²) in [5.74, 6) is 0.0424. The van der Waals surface area contributed by atoms with E-state index >= 15 is 0 Å². The van der Waals surface area contributed by atoms with Crippen molar-refractivity contribution in [3.8, 4) is 0 Å². The maximum absolute atomic E-state index is 11.6. The standard InChI is InChI=1S/C16H21N3O2/c1-16(2,15(20)21)14(12-7-5-4-6-8-12)18-11-13-17-9-10-19(13)3/h4-10,14,18H,11H2,1-3H3,(H,20,21)/t14-/m1/s1. The highest BCUT2D eigenvalue weighted by Crippen LogP contribution is 2.33. The second kappa shape index (κ2) is 6.10. The smallest absolute Gasteiger partial charge is 0.311 e. The summed E-state index contributed by atoms with van der Waals surface area (Å²) < 4.78 is 1.92. The number of aliphatic carboxylic acids is 1. The van der Waals surface area contributed by atoms with Gasteiger partial charge in [0.2, 0.25) is 0 Å². The molecule has 1 heterocycles. The third kappa shape index (κ3) is 3.31. The first-order valence-corrected chi connectivity index (χ1v) is 6.91. The Bertz CT molecular complexity index is 605. The number of carboxylic acids is 1. The summed E-state index contributed by atoms with van der Waals surface area (Å²) >= 11 is 0. The molecule has 2 N–H and O–H groups in total. The normalized spacial score (nSPS) is 13.1. The van der Waals surface area contributed by atoms with Gasteiger partial charge in [-0.25, -0.2) is 4.98 Å². The minimum absolute atomic E-state index is 0.298. The van der Waals surface area contributed by atoms with E-state index in [1.54, 1.807) is 20.0 Å². The fourth-order valence-electron chi connectivity index (χ4n) is 2.32. The largest absolute Gasteiger partial charge is 0.481 e. The van der Waals surface area contributed by atoms with E-state index in [4.69, 9.17) is 0 Å². The molecule has 112 valence electrons. The van der Waals surface area contributed by atoms with Gasteiger partial charge in [0.05, 0.1) is 12.0 Å². The molecule has 1 atom stereocenters. The van der Waals surface area contributed by atoms with Crippen molar-refractivity contribution in [3.63, 3.8) is 0 Å². The molecule has 21 heavy (non-hydrogen) atoms. The molecule has 0 unspecified atom stereocenters. The zero-order valence-corrected chi connectivity index (χ0v) is 12.6. The fraction of sp³-hybridized carbons (Fsp3) is 0.375. The minimum atomic E-state index is -0.924. The van der Waals surface area contributed by atoms with Crippen LogP contribution in [0.25, 0.3) is 0 Å². The quantitative estimate of drug-likeness (QED) is 0.856. The first kappa shape index (κ1) is 15.3. The summed E-state index contributed by atoms with van der Waals surface area (Å²) in [7, 11) is 1.92. The highest BCUT2D eigenvalue weighted by Gasteiger charge is 2.37. The van der Waals surface area contributed by atoms with Crippen LogP contribution in [0, 0.1) is 5.41 Å². The number of carboxylic acid groups (broad SMARTS) is 1. The summed E-state index contributed by atoms with van der Waals surface area (Å²) in [5, 5.41) is 12.9. The van der Waals surface area contributed by atoms with Gasteiger partial charge in [-0.15, -0.1) is 0 Å².